The van der Waals surface area contributed by atoms with E-state index in [1.54, 1.807) is 4.90 Å². The molecular weight excluding hydrogens is 426 g/mol. The van der Waals surface area contributed by atoms with Gasteiger partial charge in [0.1, 0.15) is 6.04 Å². The summed E-state index contributed by atoms with van der Waals surface area (Å²) in [4.78, 5) is 49.6. The highest BCUT2D eigenvalue weighted by Gasteiger charge is 2.40. The van der Waals surface area contributed by atoms with Crippen molar-refractivity contribution < 1.29 is 24.3 Å². The maximum atomic E-state index is 12.8. The van der Waals surface area contributed by atoms with E-state index in [2.05, 4.69) is 22.0 Å². The second-order valence-electron chi connectivity index (χ2n) is 8.82. The van der Waals surface area contributed by atoms with Crippen LogP contribution in [0.1, 0.15) is 53.1 Å². The SMILES string of the molecule is O=C(O)N1CCNCC1.O=C1CCC(N2Cc3c(cccc3C3CCNCC3)C2=O)C(=O)N1. The Morgan fingerprint density at radius 1 is 0.970 bits per heavy atom. The molecule has 4 N–H and O–H groups in total. The number of benzene rings is 1. The molecule has 0 spiro atoms. The van der Waals surface area contributed by atoms with Crippen LogP contribution in [0.3, 0.4) is 0 Å². The number of amides is 4. The zero-order chi connectivity index (χ0) is 23.4. The van der Waals surface area contributed by atoms with Gasteiger partial charge in [-0.3, -0.25) is 19.7 Å². The highest BCUT2D eigenvalue weighted by Crippen LogP contribution is 2.35. The molecule has 178 valence electrons. The van der Waals surface area contributed by atoms with E-state index in [1.165, 1.54) is 10.5 Å². The molecule has 10 nitrogen and oxygen atoms in total. The third kappa shape index (κ3) is 5.17. The number of nitrogens with zero attached hydrogens (tertiary/aromatic N) is 2. The number of carbonyl (C=O) groups is 4. The van der Waals surface area contributed by atoms with Crippen LogP contribution in [0, 0.1) is 0 Å². The zero-order valence-corrected chi connectivity index (χ0v) is 18.6. The minimum absolute atomic E-state index is 0.0877. The predicted molar refractivity (Wildman–Crippen MR) is 120 cm³/mol. The van der Waals surface area contributed by atoms with Crippen molar-refractivity contribution in [3.05, 3.63) is 34.9 Å². The van der Waals surface area contributed by atoms with Gasteiger partial charge in [-0.15, -0.1) is 0 Å². The molecule has 0 saturated carbocycles. The monoisotopic (exact) mass is 457 g/mol. The van der Waals surface area contributed by atoms with Gasteiger partial charge in [-0.1, -0.05) is 12.1 Å². The van der Waals surface area contributed by atoms with Crippen molar-refractivity contribution in [1.29, 1.82) is 0 Å². The Morgan fingerprint density at radius 3 is 2.30 bits per heavy atom. The third-order valence-electron chi connectivity index (χ3n) is 6.78. The highest BCUT2D eigenvalue weighted by molar-refractivity contribution is 6.05. The molecule has 3 fully saturated rings. The number of hydrogen-bond acceptors (Lipinski definition) is 6. The van der Waals surface area contributed by atoms with Gasteiger partial charge >= 0.3 is 6.09 Å². The molecule has 4 heterocycles. The summed E-state index contributed by atoms with van der Waals surface area (Å²) in [6.07, 6.45) is 2.04. The highest BCUT2D eigenvalue weighted by atomic mass is 16.4. The van der Waals surface area contributed by atoms with E-state index in [4.69, 9.17) is 5.11 Å². The molecule has 33 heavy (non-hydrogen) atoms. The van der Waals surface area contributed by atoms with Gasteiger partial charge in [-0.2, -0.15) is 0 Å². The average molecular weight is 458 g/mol. The van der Waals surface area contributed by atoms with E-state index in [1.807, 2.05) is 12.1 Å². The van der Waals surface area contributed by atoms with Crippen molar-refractivity contribution in [3.63, 3.8) is 0 Å². The lowest BCUT2D eigenvalue weighted by atomic mass is 9.86. The molecule has 1 atom stereocenters. The molecule has 0 bridgehead atoms. The standard InChI is InChI=1S/C18H21N3O3.C5H10N2O2/c22-16-5-4-15(17(23)20-16)21-10-14-12(11-6-8-19-9-7-11)2-1-3-13(14)18(21)24;8-5(9)7-3-1-6-2-4-7/h1-3,11,15,19H,4-10H2,(H,20,22,23);6H,1-4H2,(H,8,9). The summed E-state index contributed by atoms with van der Waals surface area (Å²) in [5.74, 6) is -0.224. The number of carboxylic acid groups (broad SMARTS) is 1. The summed E-state index contributed by atoms with van der Waals surface area (Å²) in [6.45, 7) is 5.28. The van der Waals surface area contributed by atoms with Crippen LogP contribution in [0.25, 0.3) is 0 Å². The number of carbonyl (C=O) groups excluding carboxylic acids is 3. The van der Waals surface area contributed by atoms with E-state index < -0.39 is 12.1 Å². The fourth-order valence-electron chi connectivity index (χ4n) is 4.98. The first-order valence-corrected chi connectivity index (χ1v) is 11.6. The lowest BCUT2D eigenvalue weighted by molar-refractivity contribution is -0.136. The molecule has 1 aromatic rings. The van der Waals surface area contributed by atoms with Crippen LogP contribution < -0.4 is 16.0 Å². The Hall–Kier alpha value is -2.98. The maximum Gasteiger partial charge on any atom is 0.407 e. The Kier molecular flexibility index (Phi) is 7.24. The van der Waals surface area contributed by atoms with Crippen LogP contribution in [0.4, 0.5) is 4.79 Å². The molecule has 4 aliphatic rings. The summed E-state index contributed by atoms with van der Waals surface area (Å²) in [6, 6.07) is 5.38. The van der Waals surface area contributed by atoms with E-state index in [9.17, 15) is 19.2 Å². The Labute approximate surface area is 192 Å². The number of hydrogen-bond donors (Lipinski definition) is 4. The summed E-state index contributed by atoms with van der Waals surface area (Å²) < 4.78 is 0. The van der Waals surface area contributed by atoms with Crippen LogP contribution in [0.5, 0.6) is 0 Å². The van der Waals surface area contributed by atoms with Crippen LogP contribution in [0.2, 0.25) is 0 Å². The van der Waals surface area contributed by atoms with Gasteiger partial charge in [0.15, 0.2) is 0 Å². The average Bonchev–Trinajstić information content (AvgIpc) is 3.17. The fourth-order valence-corrected chi connectivity index (χ4v) is 4.98. The Balaban J connectivity index is 0.000000243. The number of imide groups is 1. The van der Waals surface area contributed by atoms with Crippen molar-refractivity contribution in [3.8, 4) is 0 Å². The van der Waals surface area contributed by atoms with Gasteiger partial charge in [0.25, 0.3) is 5.91 Å². The molecule has 0 aromatic heterocycles. The zero-order valence-electron chi connectivity index (χ0n) is 18.6. The van der Waals surface area contributed by atoms with E-state index in [0.717, 1.165) is 50.1 Å². The first-order chi connectivity index (χ1) is 16.0. The second kappa shape index (κ2) is 10.3. The Morgan fingerprint density at radius 2 is 1.67 bits per heavy atom. The molecule has 3 saturated heterocycles. The molecule has 4 aliphatic heterocycles. The van der Waals surface area contributed by atoms with Gasteiger partial charge in [0.05, 0.1) is 0 Å². The van der Waals surface area contributed by atoms with E-state index in [0.29, 0.717) is 32.0 Å². The minimum Gasteiger partial charge on any atom is -0.465 e. The number of piperazine rings is 1. The first kappa shape index (κ1) is 23.2. The largest absolute Gasteiger partial charge is 0.465 e. The van der Waals surface area contributed by atoms with Crippen molar-refractivity contribution in [2.45, 2.75) is 44.2 Å². The maximum absolute atomic E-state index is 12.8. The van der Waals surface area contributed by atoms with E-state index >= 15 is 0 Å². The minimum atomic E-state index is -0.809. The molecule has 1 aromatic carbocycles. The molecule has 10 heteroatoms. The fraction of sp³-hybridized carbons (Fsp3) is 0.565. The van der Waals surface area contributed by atoms with Crippen molar-refractivity contribution >= 4 is 23.8 Å². The molecule has 4 amide bonds. The molecule has 1 unspecified atom stereocenters. The van der Waals surface area contributed by atoms with Crippen molar-refractivity contribution in [2.24, 2.45) is 0 Å². The van der Waals surface area contributed by atoms with Crippen LogP contribution in [-0.2, 0) is 16.1 Å². The number of fused-ring (bicyclic) bond motifs is 1. The predicted octanol–water partition coefficient (Wildman–Crippen LogP) is 0.484. The van der Waals surface area contributed by atoms with Crippen LogP contribution in [0.15, 0.2) is 18.2 Å². The molecule has 0 radical (unpaired) electrons. The first-order valence-electron chi connectivity index (χ1n) is 11.6. The van der Waals surface area contributed by atoms with Crippen LogP contribution in [-0.4, -0.2) is 84.0 Å². The molecule has 0 aliphatic carbocycles. The number of nitrogens with one attached hydrogen (secondary N) is 3. The van der Waals surface area contributed by atoms with Gasteiger partial charge in [0, 0.05) is 44.7 Å². The summed E-state index contributed by atoms with van der Waals surface area (Å²) in [5.41, 5.74) is 3.03. The molecule has 5 rings (SSSR count). The number of rotatable bonds is 2. The lowest BCUT2D eigenvalue weighted by Gasteiger charge is -2.29. The smallest absolute Gasteiger partial charge is 0.407 e. The second-order valence-corrected chi connectivity index (χ2v) is 8.82. The summed E-state index contributed by atoms with van der Waals surface area (Å²) >= 11 is 0. The topological polar surface area (TPSA) is 131 Å². The van der Waals surface area contributed by atoms with Crippen LogP contribution >= 0.6 is 0 Å². The van der Waals surface area contributed by atoms with Gasteiger partial charge in [-0.25, -0.2) is 4.79 Å². The van der Waals surface area contributed by atoms with Gasteiger partial charge < -0.3 is 25.5 Å². The normalized spacial score (nSPS) is 23.5. The number of piperidine rings is 2. The molecular formula is C23H31N5O5. The summed E-state index contributed by atoms with van der Waals surface area (Å²) in [5, 5.41) is 17.2. The quantitative estimate of drug-likeness (QED) is 0.475. The Bertz CT molecular complexity index is 924. The van der Waals surface area contributed by atoms with Gasteiger partial charge in [0.2, 0.25) is 11.8 Å². The summed E-state index contributed by atoms with van der Waals surface area (Å²) in [7, 11) is 0. The van der Waals surface area contributed by atoms with Crippen molar-refractivity contribution in [1.82, 2.24) is 25.8 Å². The lowest BCUT2D eigenvalue weighted by Crippen LogP contribution is -2.52. The van der Waals surface area contributed by atoms with Crippen molar-refractivity contribution in [2.75, 3.05) is 39.3 Å². The van der Waals surface area contributed by atoms with Gasteiger partial charge in [-0.05, 0) is 55.5 Å². The van der Waals surface area contributed by atoms with E-state index in [-0.39, 0.29) is 24.1 Å². The third-order valence-corrected chi connectivity index (χ3v) is 6.78.